The molecule has 1 saturated carbocycles. The summed E-state index contributed by atoms with van der Waals surface area (Å²) in [5, 5.41) is 39.5. The molecule has 0 bridgehead atoms. The van der Waals surface area contributed by atoms with Gasteiger partial charge in [0.25, 0.3) is 0 Å². The molecular formula is C16H23N5O6. The minimum absolute atomic E-state index is 0.143. The fourth-order valence-electron chi connectivity index (χ4n) is 3.80. The molecule has 2 aromatic rings. The summed E-state index contributed by atoms with van der Waals surface area (Å²) in [4.78, 5) is 12.2. The molecule has 1 saturated heterocycles. The summed E-state index contributed by atoms with van der Waals surface area (Å²) in [5.74, 6) is -0.159. The molecule has 11 nitrogen and oxygen atoms in total. The number of ether oxygens (including phenoxy) is 2. The predicted octanol–water partition coefficient (Wildman–Crippen LogP) is -1.82. The van der Waals surface area contributed by atoms with Crippen LogP contribution in [0.25, 0.3) is 11.2 Å². The van der Waals surface area contributed by atoms with E-state index in [4.69, 9.17) is 15.2 Å². The Kier molecular flexibility index (Phi) is 4.97. The Labute approximate surface area is 154 Å². The highest BCUT2D eigenvalue weighted by Crippen LogP contribution is 2.33. The standard InChI is InChI=1S/C16H23N5O6/c17-14-11-15(19-5-18-14)21(6-20-11)16-9(23)2-8(27-16)4-26-10-1-7(3-22)12(24)13(10)25/h5-10,12-13,16,22-25H,1-4H2,(H2,17,18,19). The summed E-state index contributed by atoms with van der Waals surface area (Å²) in [5.41, 5.74) is 6.68. The van der Waals surface area contributed by atoms with Crippen LogP contribution in [0.1, 0.15) is 19.1 Å². The smallest absolute Gasteiger partial charge is 0.167 e. The van der Waals surface area contributed by atoms with E-state index in [2.05, 4.69) is 15.0 Å². The quantitative estimate of drug-likeness (QED) is 0.397. The Morgan fingerprint density at radius 2 is 2.00 bits per heavy atom. The van der Waals surface area contributed by atoms with Gasteiger partial charge in [-0.3, -0.25) is 4.57 Å². The van der Waals surface area contributed by atoms with E-state index in [0.717, 1.165) is 0 Å². The van der Waals surface area contributed by atoms with E-state index in [1.165, 1.54) is 12.7 Å². The lowest BCUT2D eigenvalue weighted by molar-refractivity contribution is -0.0992. The van der Waals surface area contributed by atoms with Crippen LogP contribution in [0.4, 0.5) is 5.82 Å². The number of fused-ring (bicyclic) bond motifs is 1. The third-order valence-corrected chi connectivity index (χ3v) is 5.31. The van der Waals surface area contributed by atoms with Crippen LogP contribution < -0.4 is 5.73 Å². The first-order valence-electron chi connectivity index (χ1n) is 8.84. The highest BCUT2D eigenvalue weighted by molar-refractivity contribution is 5.81. The highest BCUT2D eigenvalue weighted by atomic mass is 16.6. The largest absolute Gasteiger partial charge is 0.396 e. The summed E-state index contributed by atoms with van der Waals surface area (Å²) in [6.45, 7) is -0.0681. The van der Waals surface area contributed by atoms with E-state index in [1.807, 2.05) is 0 Å². The SMILES string of the molecule is Nc1ncnc2c1ncn2C1OC(COC2CC(CO)C(O)C2O)CC1O. The molecule has 0 amide bonds. The predicted molar refractivity (Wildman–Crippen MR) is 91.2 cm³/mol. The molecule has 3 heterocycles. The Morgan fingerprint density at radius 1 is 1.19 bits per heavy atom. The van der Waals surface area contributed by atoms with Crippen molar-refractivity contribution in [2.75, 3.05) is 18.9 Å². The minimum atomic E-state index is -1.05. The van der Waals surface area contributed by atoms with Crippen LogP contribution in [-0.4, -0.2) is 83.7 Å². The molecule has 2 aliphatic rings. The molecular weight excluding hydrogens is 358 g/mol. The zero-order valence-electron chi connectivity index (χ0n) is 14.5. The lowest BCUT2D eigenvalue weighted by Gasteiger charge is -2.20. The molecule has 4 rings (SSSR count). The average molecular weight is 381 g/mol. The second-order valence-corrected chi connectivity index (χ2v) is 7.07. The number of aliphatic hydroxyl groups is 4. The van der Waals surface area contributed by atoms with Crippen LogP contribution in [0.5, 0.6) is 0 Å². The molecule has 1 aliphatic heterocycles. The summed E-state index contributed by atoms with van der Waals surface area (Å²) in [6, 6.07) is 0. The molecule has 27 heavy (non-hydrogen) atoms. The third kappa shape index (κ3) is 3.26. The highest BCUT2D eigenvalue weighted by Gasteiger charge is 2.43. The van der Waals surface area contributed by atoms with Crippen molar-refractivity contribution in [1.29, 1.82) is 0 Å². The number of hydrogen-bond donors (Lipinski definition) is 5. The zero-order valence-corrected chi connectivity index (χ0v) is 14.5. The lowest BCUT2D eigenvalue weighted by atomic mass is 10.1. The van der Waals surface area contributed by atoms with Crippen LogP contribution in [0, 0.1) is 5.92 Å². The summed E-state index contributed by atoms with van der Waals surface area (Å²) < 4.78 is 13.2. The Hall–Kier alpha value is -1.89. The van der Waals surface area contributed by atoms with E-state index < -0.39 is 42.7 Å². The maximum absolute atomic E-state index is 10.4. The third-order valence-electron chi connectivity index (χ3n) is 5.31. The molecule has 0 aromatic carbocycles. The fraction of sp³-hybridized carbons (Fsp3) is 0.688. The van der Waals surface area contributed by atoms with Crippen LogP contribution >= 0.6 is 0 Å². The lowest BCUT2D eigenvalue weighted by Crippen LogP contribution is -2.34. The van der Waals surface area contributed by atoms with E-state index >= 15 is 0 Å². The number of rotatable bonds is 5. The first-order valence-corrected chi connectivity index (χ1v) is 8.84. The van der Waals surface area contributed by atoms with Gasteiger partial charge < -0.3 is 35.6 Å². The molecule has 7 atom stereocenters. The molecule has 0 spiro atoms. The molecule has 7 unspecified atom stereocenters. The fourth-order valence-corrected chi connectivity index (χ4v) is 3.80. The number of hydrogen-bond acceptors (Lipinski definition) is 10. The molecule has 1 aliphatic carbocycles. The number of aliphatic hydroxyl groups excluding tert-OH is 4. The maximum Gasteiger partial charge on any atom is 0.167 e. The normalized spacial score (nSPS) is 36.7. The van der Waals surface area contributed by atoms with E-state index in [9.17, 15) is 20.4 Å². The van der Waals surface area contributed by atoms with Gasteiger partial charge in [0, 0.05) is 18.9 Å². The van der Waals surface area contributed by atoms with Gasteiger partial charge in [-0.15, -0.1) is 0 Å². The van der Waals surface area contributed by atoms with Crippen molar-refractivity contribution in [2.45, 2.75) is 49.6 Å². The van der Waals surface area contributed by atoms with Crippen molar-refractivity contribution >= 4 is 17.0 Å². The van der Waals surface area contributed by atoms with Gasteiger partial charge in [0.05, 0.1) is 31.2 Å². The van der Waals surface area contributed by atoms with Gasteiger partial charge in [-0.2, -0.15) is 0 Å². The van der Waals surface area contributed by atoms with E-state index in [1.54, 1.807) is 4.57 Å². The Morgan fingerprint density at radius 3 is 2.74 bits per heavy atom. The number of nitrogen functional groups attached to an aromatic ring is 1. The molecule has 2 aromatic heterocycles. The number of aromatic nitrogens is 4. The van der Waals surface area contributed by atoms with Crippen molar-refractivity contribution < 1.29 is 29.9 Å². The molecule has 6 N–H and O–H groups in total. The number of nitrogens with two attached hydrogens (primary N) is 1. The van der Waals surface area contributed by atoms with Crippen molar-refractivity contribution in [3.8, 4) is 0 Å². The van der Waals surface area contributed by atoms with Gasteiger partial charge in [-0.05, 0) is 6.42 Å². The van der Waals surface area contributed by atoms with Crippen LogP contribution in [0.15, 0.2) is 12.7 Å². The van der Waals surface area contributed by atoms with Gasteiger partial charge in [0.2, 0.25) is 0 Å². The monoisotopic (exact) mass is 381 g/mol. The maximum atomic E-state index is 10.4. The minimum Gasteiger partial charge on any atom is -0.396 e. The van der Waals surface area contributed by atoms with Crippen molar-refractivity contribution in [3.05, 3.63) is 12.7 Å². The van der Waals surface area contributed by atoms with Gasteiger partial charge in [-0.1, -0.05) is 0 Å². The molecule has 2 fully saturated rings. The second-order valence-electron chi connectivity index (χ2n) is 7.07. The van der Waals surface area contributed by atoms with Crippen molar-refractivity contribution in [3.63, 3.8) is 0 Å². The van der Waals surface area contributed by atoms with Crippen molar-refractivity contribution in [1.82, 2.24) is 19.5 Å². The second kappa shape index (κ2) is 7.26. The summed E-state index contributed by atoms with van der Waals surface area (Å²) >= 11 is 0. The van der Waals surface area contributed by atoms with Gasteiger partial charge in [0.1, 0.15) is 24.1 Å². The number of nitrogens with zero attached hydrogens (tertiary/aromatic N) is 4. The van der Waals surface area contributed by atoms with Gasteiger partial charge in [0.15, 0.2) is 17.7 Å². The van der Waals surface area contributed by atoms with Gasteiger partial charge in [-0.25, -0.2) is 15.0 Å². The molecule has 11 heteroatoms. The van der Waals surface area contributed by atoms with Crippen molar-refractivity contribution in [2.24, 2.45) is 5.92 Å². The Balaban J connectivity index is 1.41. The van der Waals surface area contributed by atoms with E-state index in [0.29, 0.717) is 24.0 Å². The zero-order chi connectivity index (χ0) is 19.1. The molecule has 148 valence electrons. The summed E-state index contributed by atoms with van der Waals surface area (Å²) in [6.07, 6.45) is -1.03. The first-order chi connectivity index (χ1) is 13.0. The topological polar surface area (TPSA) is 169 Å². The first kappa shape index (κ1) is 18.5. The number of imidazole rings is 1. The summed E-state index contributed by atoms with van der Waals surface area (Å²) in [7, 11) is 0. The van der Waals surface area contributed by atoms with E-state index in [-0.39, 0.29) is 19.0 Å². The number of anilines is 1. The average Bonchev–Trinajstić information content (AvgIpc) is 3.31. The van der Waals surface area contributed by atoms with Gasteiger partial charge >= 0.3 is 0 Å². The van der Waals surface area contributed by atoms with Crippen LogP contribution in [-0.2, 0) is 9.47 Å². The molecule has 0 radical (unpaired) electrons. The van der Waals surface area contributed by atoms with Crippen LogP contribution in [0.2, 0.25) is 0 Å². The van der Waals surface area contributed by atoms with Crippen LogP contribution in [0.3, 0.4) is 0 Å². The Bertz CT molecular complexity index is 803.